The molecular formula is C26H19NO4. The molecule has 5 heteroatoms. The Morgan fingerprint density at radius 2 is 1.39 bits per heavy atom. The minimum atomic E-state index is -0.635. The standard InChI is InChI=1S/C26H19NO4/c28-24(23-15-7-11-18-8-4-5-14-22(18)23)17-31-26(30)20-12-6-13-21(16-20)27-25(29)19-9-2-1-3-10-19/h1-16H,17H2,(H,27,29). The van der Waals surface area contributed by atoms with Crippen LogP contribution in [0.5, 0.6) is 0 Å². The summed E-state index contributed by atoms with van der Waals surface area (Å²) in [6, 6.07) is 28.2. The van der Waals surface area contributed by atoms with Crippen molar-refractivity contribution in [1.29, 1.82) is 0 Å². The van der Waals surface area contributed by atoms with Gasteiger partial charge < -0.3 is 10.1 Å². The number of carbonyl (C=O) groups is 3. The Kier molecular flexibility index (Phi) is 5.85. The third-order valence-corrected chi connectivity index (χ3v) is 4.82. The predicted molar refractivity (Wildman–Crippen MR) is 119 cm³/mol. The van der Waals surface area contributed by atoms with Crippen LogP contribution in [0, 0.1) is 0 Å². The van der Waals surface area contributed by atoms with Crippen molar-refractivity contribution in [2.24, 2.45) is 0 Å². The highest BCUT2D eigenvalue weighted by molar-refractivity contribution is 6.09. The maximum absolute atomic E-state index is 12.6. The van der Waals surface area contributed by atoms with Crippen LogP contribution in [0.4, 0.5) is 5.69 Å². The van der Waals surface area contributed by atoms with Crippen molar-refractivity contribution in [2.75, 3.05) is 11.9 Å². The fraction of sp³-hybridized carbons (Fsp3) is 0.0385. The fourth-order valence-electron chi connectivity index (χ4n) is 3.28. The SMILES string of the molecule is O=C(Nc1cccc(C(=O)OCC(=O)c2cccc3ccccc23)c1)c1ccccc1. The first-order valence-electron chi connectivity index (χ1n) is 9.76. The number of ether oxygens (including phenoxy) is 1. The van der Waals surface area contributed by atoms with E-state index in [1.54, 1.807) is 54.6 Å². The number of hydrogen-bond donors (Lipinski definition) is 1. The third kappa shape index (κ3) is 4.67. The van der Waals surface area contributed by atoms with E-state index < -0.39 is 5.97 Å². The second kappa shape index (κ2) is 9.05. The number of benzene rings is 4. The van der Waals surface area contributed by atoms with E-state index in [2.05, 4.69) is 5.32 Å². The molecule has 4 rings (SSSR count). The van der Waals surface area contributed by atoms with Crippen molar-refractivity contribution < 1.29 is 19.1 Å². The number of ketones is 1. The summed E-state index contributed by atoms with van der Waals surface area (Å²) >= 11 is 0. The van der Waals surface area contributed by atoms with E-state index in [0.29, 0.717) is 16.8 Å². The molecule has 0 unspecified atom stereocenters. The van der Waals surface area contributed by atoms with Gasteiger partial charge >= 0.3 is 5.97 Å². The van der Waals surface area contributed by atoms with Crippen molar-refractivity contribution in [3.63, 3.8) is 0 Å². The Morgan fingerprint density at radius 3 is 2.23 bits per heavy atom. The van der Waals surface area contributed by atoms with Crippen LogP contribution in [-0.2, 0) is 4.74 Å². The van der Waals surface area contributed by atoms with Crippen molar-refractivity contribution in [3.8, 4) is 0 Å². The van der Waals surface area contributed by atoms with E-state index in [1.807, 2.05) is 36.4 Å². The number of Topliss-reactive ketones (excluding diaryl/α,β-unsaturated/α-hetero) is 1. The molecule has 0 spiro atoms. The van der Waals surface area contributed by atoms with Crippen LogP contribution in [-0.4, -0.2) is 24.3 Å². The molecule has 0 radical (unpaired) electrons. The number of anilines is 1. The predicted octanol–water partition coefficient (Wildman–Crippen LogP) is 5.13. The van der Waals surface area contributed by atoms with Crippen molar-refractivity contribution in [1.82, 2.24) is 0 Å². The molecule has 0 atom stereocenters. The van der Waals surface area contributed by atoms with Gasteiger partial charge in [-0.1, -0.05) is 66.7 Å². The van der Waals surface area contributed by atoms with Crippen LogP contribution < -0.4 is 5.32 Å². The first kappa shape index (κ1) is 20.0. The van der Waals surface area contributed by atoms with Crippen LogP contribution in [0.15, 0.2) is 97.1 Å². The molecule has 0 heterocycles. The van der Waals surface area contributed by atoms with Gasteiger partial charge in [-0.05, 0) is 41.1 Å². The molecule has 0 saturated carbocycles. The van der Waals surface area contributed by atoms with Gasteiger partial charge in [0.15, 0.2) is 6.61 Å². The lowest BCUT2D eigenvalue weighted by Gasteiger charge is -2.09. The second-order valence-electron chi connectivity index (χ2n) is 6.93. The first-order valence-corrected chi connectivity index (χ1v) is 9.76. The van der Waals surface area contributed by atoms with Gasteiger partial charge in [-0.2, -0.15) is 0 Å². The summed E-state index contributed by atoms with van der Waals surface area (Å²) in [6.07, 6.45) is 0. The number of rotatable bonds is 6. The van der Waals surface area contributed by atoms with Gasteiger partial charge in [0, 0.05) is 16.8 Å². The third-order valence-electron chi connectivity index (χ3n) is 4.82. The van der Waals surface area contributed by atoms with Crippen LogP contribution in [0.3, 0.4) is 0 Å². The lowest BCUT2D eigenvalue weighted by atomic mass is 10.0. The van der Waals surface area contributed by atoms with Gasteiger partial charge in [-0.25, -0.2) is 4.79 Å². The van der Waals surface area contributed by atoms with Crippen LogP contribution in [0.1, 0.15) is 31.1 Å². The monoisotopic (exact) mass is 409 g/mol. The molecule has 0 aliphatic carbocycles. The lowest BCUT2D eigenvalue weighted by molar-refractivity contribution is 0.0475. The summed E-state index contributed by atoms with van der Waals surface area (Å²) in [7, 11) is 0. The van der Waals surface area contributed by atoms with Gasteiger partial charge in [0.2, 0.25) is 5.78 Å². The van der Waals surface area contributed by atoms with Crippen molar-refractivity contribution in [2.45, 2.75) is 0 Å². The number of hydrogen-bond acceptors (Lipinski definition) is 4. The zero-order valence-corrected chi connectivity index (χ0v) is 16.6. The molecule has 5 nitrogen and oxygen atoms in total. The highest BCUT2D eigenvalue weighted by Crippen LogP contribution is 2.19. The molecule has 4 aromatic rings. The Morgan fingerprint density at radius 1 is 0.710 bits per heavy atom. The molecule has 0 saturated heterocycles. The van der Waals surface area contributed by atoms with Gasteiger partial charge in [-0.15, -0.1) is 0 Å². The molecule has 4 aromatic carbocycles. The zero-order valence-electron chi connectivity index (χ0n) is 16.6. The summed E-state index contributed by atoms with van der Waals surface area (Å²) in [4.78, 5) is 37.4. The average Bonchev–Trinajstić information content (AvgIpc) is 2.82. The minimum Gasteiger partial charge on any atom is -0.454 e. The Labute approximate surface area is 179 Å². The molecule has 0 aliphatic rings. The second-order valence-corrected chi connectivity index (χ2v) is 6.93. The smallest absolute Gasteiger partial charge is 0.338 e. The molecule has 1 amide bonds. The molecule has 0 aromatic heterocycles. The Balaban J connectivity index is 1.42. The molecule has 31 heavy (non-hydrogen) atoms. The topological polar surface area (TPSA) is 72.5 Å². The summed E-state index contributed by atoms with van der Waals surface area (Å²) in [5.41, 5.74) is 1.73. The van der Waals surface area contributed by atoms with E-state index in [9.17, 15) is 14.4 Å². The van der Waals surface area contributed by atoms with E-state index in [-0.39, 0.29) is 23.9 Å². The molecule has 0 aliphatic heterocycles. The summed E-state index contributed by atoms with van der Waals surface area (Å²) < 4.78 is 5.24. The number of nitrogens with one attached hydrogen (secondary N) is 1. The molecule has 152 valence electrons. The van der Waals surface area contributed by atoms with Crippen LogP contribution >= 0.6 is 0 Å². The van der Waals surface area contributed by atoms with Crippen molar-refractivity contribution >= 4 is 34.1 Å². The maximum Gasteiger partial charge on any atom is 0.338 e. The first-order chi connectivity index (χ1) is 15.1. The number of esters is 1. The van der Waals surface area contributed by atoms with E-state index in [0.717, 1.165) is 10.8 Å². The van der Waals surface area contributed by atoms with Gasteiger partial charge in [0.25, 0.3) is 5.91 Å². The molecule has 0 bridgehead atoms. The quantitative estimate of drug-likeness (QED) is 0.354. The number of fused-ring (bicyclic) bond motifs is 1. The normalized spacial score (nSPS) is 10.5. The van der Waals surface area contributed by atoms with Crippen molar-refractivity contribution in [3.05, 3.63) is 114 Å². The zero-order chi connectivity index (χ0) is 21.6. The van der Waals surface area contributed by atoms with E-state index in [4.69, 9.17) is 4.74 Å². The fourth-order valence-corrected chi connectivity index (χ4v) is 3.28. The molecule has 0 fully saturated rings. The van der Waals surface area contributed by atoms with E-state index in [1.165, 1.54) is 6.07 Å². The maximum atomic E-state index is 12.6. The summed E-state index contributed by atoms with van der Waals surface area (Å²) in [5, 5.41) is 4.51. The molecule has 1 N–H and O–H groups in total. The number of carbonyl (C=O) groups excluding carboxylic acids is 3. The van der Waals surface area contributed by atoms with Gasteiger partial charge in [0.05, 0.1) is 5.56 Å². The highest BCUT2D eigenvalue weighted by atomic mass is 16.5. The van der Waals surface area contributed by atoms with Gasteiger partial charge in [0.1, 0.15) is 0 Å². The molecular weight excluding hydrogens is 390 g/mol. The summed E-state index contributed by atoms with van der Waals surface area (Å²) in [6.45, 7) is -0.368. The highest BCUT2D eigenvalue weighted by Gasteiger charge is 2.15. The Bertz CT molecular complexity index is 1260. The average molecular weight is 409 g/mol. The Hall–Kier alpha value is -4.25. The van der Waals surface area contributed by atoms with Crippen LogP contribution in [0.25, 0.3) is 10.8 Å². The lowest BCUT2D eigenvalue weighted by Crippen LogP contribution is -2.15. The van der Waals surface area contributed by atoms with Gasteiger partial charge in [-0.3, -0.25) is 9.59 Å². The van der Waals surface area contributed by atoms with Crippen LogP contribution in [0.2, 0.25) is 0 Å². The minimum absolute atomic E-state index is 0.247. The number of amides is 1. The van der Waals surface area contributed by atoms with E-state index >= 15 is 0 Å². The summed E-state index contributed by atoms with van der Waals surface area (Å²) in [5.74, 6) is -1.19. The largest absolute Gasteiger partial charge is 0.454 e.